The molecule has 1 heterocycles. The van der Waals surface area contributed by atoms with Gasteiger partial charge in [-0.25, -0.2) is 4.39 Å². The number of esters is 1. The molecule has 1 aromatic rings. The number of nitrogens with zero attached hydrogens (tertiary/aromatic N) is 1. The molecule has 1 atom stereocenters. The molecule has 0 aromatic heterocycles. The molecule has 2 rings (SSSR count). The van der Waals surface area contributed by atoms with E-state index in [4.69, 9.17) is 9.47 Å². The summed E-state index contributed by atoms with van der Waals surface area (Å²) in [6.07, 6.45) is 1.49. The maximum atomic E-state index is 13.0. The molecule has 6 heteroatoms. The first-order valence-corrected chi connectivity index (χ1v) is 7.43. The molecule has 0 aliphatic carbocycles. The lowest BCUT2D eigenvalue weighted by Crippen LogP contribution is -2.44. The normalized spacial score (nSPS) is 17.9. The highest BCUT2D eigenvalue weighted by Crippen LogP contribution is 2.18. The van der Waals surface area contributed by atoms with Gasteiger partial charge in [0.25, 0.3) is 5.91 Å². The zero-order chi connectivity index (χ0) is 15.9. The van der Waals surface area contributed by atoms with E-state index in [1.165, 1.54) is 18.2 Å². The van der Waals surface area contributed by atoms with Gasteiger partial charge in [-0.15, -0.1) is 0 Å². The molecule has 1 fully saturated rings. The summed E-state index contributed by atoms with van der Waals surface area (Å²) in [7, 11) is 0. The van der Waals surface area contributed by atoms with Crippen LogP contribution in [0.4, 0.5) is 4.39 Å². The summed E-state index contributed by atoms with van der Waals surface area (Å²) < 4.78 is 23.3. The smallest absolute Gasteiger partial charge is 0.310 e. The number of piperidine rings is 1. The fourth-order valence-corrected chi connectivity index (χ4v) is 2.45. The molecule has 1 amide bonds. The number of halogens is 1. The molecule has 5 nitrogen and oxygen atoms in total. The van der Waals surface area contributed by atoms with E-state index in [1.807, 2.05) is 0 Å². The second kappa shape index (κ2) is 7.77. The van der Waals surface area contributed by atoms with Crippen molar-refractivity contribution in [3.63, 3.8) is 0 Å². The van der Waals surface area contributed by atoms with Crippen LogP contribution in [-0.2, 0) is 14.3 Å². The summed E-state index contributed by atoms with van der Waals surface area (Å²) in [5.41, 5.74) is 0. The Labute approximate surface area is 129 Å². The van der Waals surface area contributed by atoms with Crippen LogP contribution in [0.3, 0.4) is 0 Å². The number of hydrogen-bond donors (Lipinski definition) is 0. The van der Waals surface area contributed by atoms with Gasteiger partial charge in [0.15, 0.2) is 6.61 Å². The Bertz CT molecular complexity index is 535. The number of ether oxygens (including phenoxy) is 2. The Kier molecular flexibility index (Phi) is 5.75. The van der Waals surface area contributed by atoms with Crippen LogP contribution < -0.4 is 4.74 Å². The summed E-state index contributed by atoms with van der Waals surface area (Å²) in [5.74, 6) is -0.839. The molecule has 120 valence electrons. The largest absolute Gasteiger partial charge is 0.484 e. The molecular formula is C16H20FNO4. The maximum Gasteiger partial charge on any atom is 0.310 e. The Morgan fingerprint density at radius 3 is 2.95 bits per heavy atom. The lowest BCUT2D eigenvalue weighted by molar-refractivity contribution is -0.151. The summed E-state index contributed by atoms with van der Waals surface area (Å²) >= 11 is 0. The van der Waals surface area contributed by atoms with Crippen molar-refractivity contribution in [2.24, 2.45) is 5.92 Å². The zero-order valence-electron chi connectivity index (χ0n) is 12.6. The maximum absolute atomic E-state index is 13.0. The van der Waals surface area contributed by atoms with E-state index < -0.39 is 5.82 Å². The van der Waals surface area contributed by atoms with Crippen molar-refractivity contribution in [1.82, 2.24) is 4.90 Å². The van der Waals surface area contributed by atoms with Gasteiger partial charge in [-0.2, -0.15) is 0 Å². The van der Waals surface area contributed by atoms with Crippen molar-refractivity contribution < 1.29 is 23.5 Å². The van der Waals surface area contributed by atoms with E-state index in [9.17, 15) is 14.0 Å². The first kappa shape index (κ1) is 16.3. The Morgan fingerprint density at radius 2 is 2.23 bits per heavy atom. The summed E-state index contributed by atoms with van der Waals surface area (Å²) in [6.45, 7) is 2.88. The molecule has 0 spiro atoms. The van der Waals surface area contributed by atoms with Gasteiger partial charge >= 0.3 is 5.97 Å². The van der Waals surface area contributed by atoms with Crippen molar-refractivity contribution >= 4 is 11.9 Å². The van der Waals surface area contributed by atoms with Gasteiger partial charge in [-0.1, -0.05) is 6.07 Å². The highest BCUT2D eigenvalue weighted by molar-refractivity contribution is 5.79. The third-order valence-corrected chi connectivity index (χ3v) is 3.55. The molecule has 1 saturated heterocycles. The van der Waals surface area contributed by atoms with E-state index >= 15 is 0 Å². The van der Waals surface area contributed by atoms with Crippen LogP contribution in [0.1, 0.15) is 19.8 Å². The SMILES string of the molecule is CCOC(=O)[C@H]1CCCN(C(=O)COc2cccc(F)c2)C1. The van der Waals surface area contributed by atoms with Crippen molar-refractivity contribution in [2.75, 3.05) is 26.3 Å². The predicted molar refractivity (Wildman–Crippen MR) is 77.8 cm³/mol. The van der Waals surface area contributed by atoms with Crippen LogP contribution >= 0.6 is 0 Å². The predicted octanol–water partition coefficient (Wildman–Crippen LogP) is 2.01. The first-order valence-electron chi connectivity index (χ1n) is 7.43. The quantitative estimate of drug-likeness (QED) is 0.781. The molecule has 0 radical (unpaired) electrons. The number of carbonyl (C=O) groups excluding carboxylic acids is 2. The van der Waals surface area contributed by atoms with Gasteiger partial charge in [0, 0.05) is 19.2 Å². The van der Waals surface area contributed by atoms with Crippen LogP contribution in [0, 0.1) is 11.7 Å². The van der Waals surface area contributed by atoms with Gasteiger partial charge < -0.3 is 14.4 Å². The lowest BCUT2D eigenvalue weighted by Gasteiger charge is -2.31. The molecular weight excluding hydrogens is 289 g/mol. The van der Waals surface area contributed by atoms with Gasteiger partial charge in [-0.05, 0) is 31.9 Å². The van der Waals surface area contributed by atoms with Gasteiger partial charge in [-0.3, -0.25) is 9.59 Å². The number of hydrogen-bond acceptors (Lipinski definition) is 4. The summed E-state index contributed by atoms with van der Waals surface area (Å²) in [6, 6.07) is 5.65. The molecule has 0 N–H and O–H groups in total. The minimum atomic E-state index is -0.412. The van der Waals surface area contributed by atoms with Gasteiger partial charge in [0.05, 0.1) is 12.5 Å². The van der Waals surface area contributed by atoms with Crippen molar-refractivity contribution in [3.8, 4) is 5.75 Å². The number of rotatable bonds is 5. The second-order valence-corrected chi connectivity index (χ2v) is 5.18. The van der Waals surface area contributed by atoms with E-state index in [0.29, 0.717) is 25.4 Å². The van der Waals surface area contributed by atoms with Crippen molar-refractivity contribution in [3.05, 3.63) is 30.1 Å². The number of amides is 1. The average Bonchev–Trinajstić information content (AvgIpc) is 2.53. The number of carbonyl (C=O) groups is 2. The van der Waals surface area contributed by atoms with E-state index in [0.717, 1.165) is 12.8 Å². The van der Waals surface area contributed by atoms with Crippen LogP contribution in [0.5, 0.6) is 5.75 Å². The lowest BCUT2D eigenvalue weighted by atomic mass is 9.98. The third-order valence-electron chi connectivity index (χ3n) is 3.55. The molecule has 1 aliphatic heterocycles. The zero-order valence-corrected chi connectivity index (χ0v) is 12.6. The number of likely N-dealkylation sites (tertiary alicyclic amines) is 1. The van der Waals surface area contributed by atoms with E-state index in [2.05, 4.69) is 0 Å². The monoisotopic (exact) mass is 309 g/mol. The van der Waals surface area contributed by atoms with E-state index in [1.54, 1.807) is 17.9 Å². The first-order chi connectivity index (χ1) is 10.6. The topological polar surface area (TPSA) is 55.8 Å². The van der Waals surface area contributed by atoms with Gasteiger partial charge in [0.1, 0.15) is 11.6 Å². The second-order valence-electron chi connectivity index (χ2n) is 5.18. The van der Waals surface area contributed by atoms with Crippen LogP contribution in [0.2, 0.25) is 0 Å². The third kappa shape index (κ3) is 4.44. The molecule has 0 bridgehead atoms. The van der Waals surface area contributed by atoms with Crippen LogP contribution in [0.15, 0.2) is 24.3 Å². The molecule has 22 heavy (non-hydrogen) atoms. The average molecular weight is 309 g/mol. The van der Waals surface area contributed by atoms with Gasteiger partial charge in [0.2, 0.25) is 0 Å². The van der Waals surface area contributed by atoms with Crippen LogP contribution in [0.25, 0.3) is 0 Å². The standard InChI is InChI=1S/C16H20FNO4/c1-2-21-16(20)12-5-4-8-18(10-12)15(19)11-22-14-7-3-6-13(17)9-14/h3,6-7,9,12H,2,4-5,8,10-11H2,1H3/t12-/m0/s1. The molecule has 0 unspecified atom stereocenters. The summed E-state index contributed by atoms with van der Waals surface area (Å²) in [5, 5.41) is 0. The number of benzene rings is 1. The minimum Gasteiger partial charge on any atom is -0.484 e. The highest BCUT2D eigenvalue weighted by atomic mass is 19.1. The Morgan fingerprint density at radius 1 is 1.41 bits per heavy atom. The van der Waals surface area contributed by atoms with Crippen molar-refractivity contribution in [2.45, 2.75) is 19.8 Å². The minimum absolute atomic E-state index is 0.168. The summed E-state index contributed by atoms with van der Waals surface area (Å²) in [4.78, 5) is 25.5. The van der Waals surface area contributed by atoms with Crippen molar-refractivity contribution in [1.29, 1.82) is 0 Å². The fraction of sp³-hybridized carbons (Fsp3) is 0.500. The van der Waals surface area contributed by atoms with Crippen LogP contribution in [-0.4, -0.2) is 43.1 Å². The highest BCUT2D eigenvalue weighted by Gasteiger charge is 2.29. The Hall–Kier alpha value is -2.11. The molecule has 1 aliphatic rings. The molecule has 1 aromatic carbocycles. The molecule has 0 saturated carbocycles. The van der Waals surface area contributed by atoms with E-state index in [-0.39, 0.29) is 24.4 Å². The Balaban J connectivity index is 1.85. The fourth-order valence-electron chi connectivity index (χ4n) is 2.45.